The van der Waals surface area contributed by atoms with Crippen molar-refractivity contribution in [3.63, 3.8) is 0 Å². The number of hydrogen-bond donors (Lipinski definition) is 1. The molecule has 0 saturated carbocycles. The van der Waals surface area contributed by atoms with Crippen LogP contribution in [0.15, 0.2) is 12.1 Å². The van der Waals surface area contributed by atoms with Crippen molar-refractivity contribution in [1.29, 1.82) is 0 Å². The standard InChI is InChI=1S/C13H16FN3O3S/c1-7-8(2)21-6-5-16(7)13(18)11-9(14)3-4-10(12(11)15)17(19)20/h3-4,7-8H,5-6,15H2,1-2H3. The fourth-order valence-corrected chi connectivity index (χ4v) is 3.42. The summed E-state index contributed by atoms with van der Waals surface area (Å²) in [4.78, 5) is 24.2. The molecule has 0 radical (unpaired) electrons. The molecule has 2 rings (SSSR count). The Bertz CT molecular complexity index is 596. The number of hydrogen-bond acceptors (Lipinski definition) is 5. The topological polar surface area (TPSA) is 89.5 Å². The van der Waals surface area contributed by atoms with E-state index in [1.807, 2.05) is 13.8 Å². The molecular weight excluding hydrogens is 297 g/mol. The van der Waals surface area contributed by atoms with Gasteiger partial charge in [0.05, 0.1) is 4.92 Å². The average molecular weight is 313 g/mol. The van der Waals surface area contributed by atoms with Crippen molar-refractivity contribution < 1.29 is 14.1 Å². The molecule has 0 aromatic heterocycles. The molecular formula is C13H16FN3O3S. The van der Waals surface area contributed by atoms with Crippen molar-refractivity contribution in [2.75, 3.05) is 18.0 Å². The molecule has 1 aliphatic rings. The molecule has 0 aliphatic carbocycles. The molecule has 2 unspecified atom stereocenters. The fraction of sp³-hybridized carbons (Fsp3) is 0.462. The molecule has 114 valence electrons. The molecule has 1 aliphatic heterocycles. The van der Waals surface area contributed by atoms with Gasteiger partial charge in [-0.2, -0.15) is 11.8 Å². The Hall–Kier alpha value is -1.83. The summed E-state index contributed by atoms with van der Waals surface area (Å²) in [7, 11) is 0. The summed E-state index contributed by atoms with van der Waals surface area (Å²) < 4.78 is 14.0. The SMILES string of the molecule is CC1SCCN(C(=O)c2c(F)ccc([N+](=O)[O-])c2N)C1C. The van der Waals surface area contributed by atoms with Crippen molar-refractivity contribution in [2.24, 2.45) is 0 Å². The summed E-state index contributed by atoms with van der Waals surface area (Å²) in [6, 6.07) is 1.79. The number of carbonyl (C=O) groups excluding carboxylic acids is 1. The Morgan fingerprint density at radius 3 is 2.81 bits per heavy atom. The summed E-state index contributed by atoms with van der Waals surface area (Å²) in [5, 5.41) is 11.1. The molecule has 1 fully saturated rings. The van der Waals surface area contributed by atoms with Crippen molar-refractivity contribution in [3.05, 3.63) is 33.6 Å². The molecule has 6 nitrogen and oxygen atoms in total. The number of nitro groups is 1. The van der Waals surface area contributed by atoms with E-state index in [2.05, 4.69) is 0 Å². The van der Waals surface area contributed by atoms with Gasteiger partial charge in [0.25, 0.3) is 11.6 Å². The third kappa shape index (κ3) is 2.80. The van der Waals surface area contributed by atoms with Crippen LogP contribution in [0.2, 0.25) is 0 Å². The molecule has 0 bridgehead atoms. The second-order valence-corrected chi connectivity index (χ2v) is 6.41. The van der Waals surface area contributed by atoms with E-state index in [1.165, 1.54) is 4.90 Å². The molecule has 1 heterocycles. The van der Waals surface area contributed by atoms with Gasteiger partial charge in [-0.1, -0.05) is 6.92 Å². The van der Waals surface area contributed by atoms with Gasteiger partial charge in [0.15, 0.2) is 0 Å². The van der Waals surface area contributed by atoms with Gasteiger partial charge in [-0.3, -0.25) is 14.9 Å². The van der Waals surface area contributed by atoms with Crippen LogP contribution in [0.5, 0.6) is 0 Å². The van der Waals surface area contributed by atoms with Crippen molar-refractivity contribution in [2.45, 2.75) is 25.1 Å². The monoisotopic (exact) mass is 313 g/mol. The van der Waals surface area contributed by atoms with E-state index in [0.29, 0.717) is 6.54 Å². The van der Waals surface area contributed by atoms with E-state index in [-0.39, 0.29) is 11.3 Å². The number of nitrogens with two attached hydrogens (primary N) is 1. The molecule has 0 spiro atoms. The Kier molecular flexibility index (Phi) is 4.36. The number of nitro benzene ring substituents is 1. The second-order valence-electron chi connectivity index (χ2n) is 4.93. The third-order valence-electron chi connectivity index (χ3n) is 3.73. The average Bonchev–Trinajstić information content (AvgIpc) is 2.41. The lowest BCUT2D eigenvalue weighted by molar-refractivity contribution is -0.384. The first-order valence-electron chi connectivity index (χ1n) is 6.49. The first-order valence-corrected chi connectivity index (χ1v) is 7.54. The highest BCUT2D eigenvalue weighted by molar-refractivity contribution is 8.00. The summed E-state index contributed by atoms with van der Waals surface area (Å²) in [5.74, 6) is -0.678. The van der Waals surface area contributed by atoms with Gasteiger partial charge in [-0.25, -0.2) is 4.39 Å². The third-order valence-corrected chi connectivity index (χ3v) is 5.06. The number of anilines is 1. The first kappa shape index (κ1) is 15.6. The van der Waals surface area contributed by atoms with Gasteiger partial charge < -0.3 is 10.6 Å². The number of thioether (sulfide) groups is 1. The van der Waals surface area contributed by atoms with Crippen LogP contribution in [0.3, 0.4) is 0 Å². The first-order chi connectivity index (χ1) is 9.84. The van der Waals surface area contributed by atoms with Crippen molar-refractivity contribution >= 4 is 29.0 Å². The normalized spacial score (nSPS) is 22.1. The van der Waals surface area contributed by atoms with Crippen molar-refractivity contribution in [1.82, 2.24) is 4.90 Å². The zero-order valence-corrected chi connectivity index (χ0v) is 12.5. The minimum Gasteiger partial charge on any atom is -0.392 e. The fourth-order valence-electron chi connectivity index (χ4n) is 2.32. The number of nitrogens with zero attached hydrogens (tertiary/aromatic N) is 2. The molecule has 1 aromatic carbocycles. The van der Waals surface area contributed by atoms with Gasteiger partial charge in [0.1, 0.15) is 17.1 Å². The van der Waals surface area contributed by atoms with Crippen LogP contribution in [0.1, 0.15) is 24.2 Å². The van der Waals surface area contributed by atoms with Crippen LogP contribution in [0.25, 0.3) is 0 Å². The van der Waals surface area contributed by atoms with Crippen LogP contribution >= 0.6 is 11.8 Å². The van der Waals surface area contributed by atoms with Gasteiger partial charge in [-0.05, 0) is 13.0 Å². The number of carbonyl (C=O) groups is 1. The van der Waals surface area contributed by atoms with E-state index in [0.717, 1.165) is 17.9 Å². The number of amides is 1. The van der Waals surface area contributed by atoms with E-state index < -0.39 is 33.6 Å². The van der Waals surface area contributed by atoms with Gasteiger partial charge in [0.2, 0.25) is 0 Å². The Labute approximate surface area is 125 Å². The maximum atomic E-state index is 14.0. The van der Waals surface area contributed by atoms with Gasteiger partial charge >= 0.3 is 0 Å². The van der Waals surface area contributed by atoms with Gasteiger partial charge in [-0.15, -0.1) is 0 Å². The molecule has 2 atom stereocenters. The van der Waals surface area contributed by atoms with Crippen LogP contribution < -0.4 is 5.73 Å². The predicted octanol–water partition coefficient (Wildman–Crippen LogP) is 2.28. The molecule has 2 N–H and O–H groups in total. The van der Waals surface area contributed by atoms with Crippen LogP contribution in [-0.4, -0.2) is 39.3 Å². The van der Waals surface area contributed by atoms with Crippen LogP contribution in [-0.2, 0) is 0 Å². The number of benzene rings is 1. The number of nitrogen functional groups attached to an aromatic ring is 1. The van der Waals surface area contributed by atoms with Crippen LogP contribution in [0, 0.1) is 15.9 Å². The maximum absolute atomic E-state index is 14.0. The van der Waals surface area contributed by atoms with E-state index in [4.69, 9.17) is 5.73 Å². The largest absolute Gasteiger partial charge is 0.392 e. The van der Waals surface area contributed by atoms with E-state index in [9.17, 15) is 19.3 Å². The minimum atomic E-state index is -0.832. The van der Waals surface area contributed by atoms with Crippen LogP contribution in [0.4, 0.5) is 15.8 Å². The zero-order chi connectivity index (χ0) is 15.7. The second kappa shape index (κ2) is 5.88. The maximum Gasteiger partial charge on any atom is 0.293 e. The number of rotatable bonds is 2. The number of halogens is 1. The molecule has 1 aromatic rings. The quantitative estimate of drug-likeness (QED) is 0.514. The minimum absolute atomic E-state index is 0.0886. The Morgan fingerprint density at radius 2 is 2.19 bits per heavy atom. The highest BCUT2D eigenvalue weighted by atomic mass is 32.2. The molecule has 1 saturated heterocycles. The summed E-state index contributed by atoms with van der Waals surface area (Å²) >= 11 is 1.73. The Balaban J connectivity index is 2.43. The zero-order valence-electron chi connectivity index (χ0n) is 11.7. The Morgan fingerprint density at radius 1 is 1.52 bits per heavy atom. The summed E-state index contributed by atoms with van der Waals surface area (Å²) in [6.45, 7) is 4.33. The van der Waals surface area contributed by atoms with E-state index >= 15 is 0 Å². The highest BCUT2D eigenvalue weighted by Gasteiger charge is 2.33. The predicted molar refractivity (Wildman–Crippen MR) is 79.9 cm³/mol. The highest BCUT2D eigenvalue weighted by Crippen LogP contribution is 2.31. The summed E-state index contributed by atoms with van der Waals surface area (Å²) in [5.41, 5.74) is 4.37. The smallest absolute Gasteiger partial charge is 0.293 e. The lowest BCUT2D eigenvalue weighted by Gasteiger charge is -2.37. The molecule has 21 heavy (non-hydrogen) atoms. The van der Waals surface area contributed by atoms with Crippen molar-refractivity contribution in [3.8, 4) is 0 Å². The lowest BCUT2D eigenvalue weighted by atomic mass is 10.1. The summed E-state index contributed by atoms with van der Waals surface area (Å²) in [6.07, 6.45) is 0. The van der Waals surface area contributed by atoms with Gasteiger partial charge in [0, 0.05) is 29.7 Å². The lowest BCUT2D eigenvalue weighted by Crippen LogP contribution is -2.48. The molecule has 1 amide bonds. The molecule has 8 heteroatoms. The van der Waals surface area contributed by atoms with E-state index in [1.54, 1.807) is 11.8 Å².